The summed E-state index contributed by atoms with van der Waals surface area (Å²) in [5.74, 6) is -0.220. The Kier molecular flexibility index (Phi) is 5.20. The van der Waals surface area contributed by atoms with Crippen LogP contribution in [0.1, 0.15) is 16.8 Å². The minimum atomic E-state index is -0.458. The van der Waals surface area contributed by atoms with Crippen molar-refractivity contribution in [1.29, 1.82) is 0 Å². The minimum Gasteiger partial charge on any atom is -0.376 e. The molecule has 1 aromatic carbocycles. The van der Waals surface area contributed by atoms with Gasteiger partial charge in [0.25, 0.3) is 5.69 Å². The molecule has 0 saturated carbocycles. The van der Waals surface area contributed by atoms with Crippen LogP contribution in [0.2, 0.25) is 0 Å². The molecular formula is C17H18N4O4. The van der Waals surface area contributed by atoms with Crippen LogP contribution in [0.4, 0.5) is 5.69 Å². The summed E-state index contributed by atoms with van der Waals surface area (Å²) in [7, 11) is 0. The fourth-order valence-electron chi connectivity index (χ4n) is 2.63. The van der Waals surface area contributed by atoms with Crippen molar-refractivity contribution in [2.75, 3.05) is 13.2 Å². The average molecular weight is 342 g/mol. The molecular weight excluding hydrogens is 324 g/mol. The van der Waals surface area contributed by atoms with Gasteiger partial charge in [0.05, 0.1) is 30.9 Å². The number of carbonyl (C=O) groups is 1. The SMILES string of the molecule is O=C(C=Cc1ccc([N+](=O)[O-])cc1)NCCn1ncc2c1CCOC2. The Bertz CT molecular complexity index is 795. The van der Waals surface area contributed by atoms with Crippen molar-refractivity contribution in [2.24, 2.45) is 0 Å². The number of hydrogen-bond donors (Lipinski definition) is 1. The first kappa shape index (κ1) is 16.8. The lowest BCUT2D eigenvalue weighted by Gasteiger charge is -2.14. The van der Waals surface area contributed by atoms with Crippen LogP contribution in [-0.2, 0) is 29.1 Å². The van der Waals surface area contributed by atoms with E-state index >= 15 is 0 Å². The molecule has 0 aliphatic carbocycles. The summed E-state index contributed by atoms with van der Waals surface area (Å²) in [5, 5.41) is 17.7. The number of ether oxygens (including phenoxy) is 1. The number of non-ortho nitro benzene ring substituents is 1. The zero-order valence-corrected chi connectivity index (χ0v) is 13.6. The van der Waals surface area contributed by atoms with Gasteiger partial charge in [0.1, 0.15) is 0 Å². The number of benzene rings is 1. The zero-order valence-electron chi connectivity index (χ0n) is 13.6. The van der Waals surface area contributed by atoms with Crippen LogP contribution in [0.15, 0.2) is 36.5 Å². The topological polar surface area (TPSA) is 99.3 Å². The second-order valence-corrected chi connectivity index (χ2v) is 5.62. The van der Waals surface area contributed by atoms with E-state index in [4.69, 9.17) is 4.74 Å². The number of aromatic nitrogens is 2. The summed E-state index contributed by atoms with van der Waals surface area (Å²) in [4.78, 5) is 22.0. The fourth-order valence-corrected chi connectivity index (χ4v) is 2.63. The highest BCUT2D eigenvalue weighted by molar-refractivity contribution is 5.91. The minimum absolute atomic E-state index is 0.0227. The van der Waals surface area contributed by atoms with Crippen LogP contribution >= 0.6 is 0 Å². The number of amides is 1. The smallest absolute Gasteiger partial charge is 0.269 e. The molecule has 1 aromatic heterocycles. The van der Waals surface area contributed by atoms with Gasteiger partial charge in [-0.05, 0) is 23.8 Å². The van der Waals surface area contributed by atoms with Gasteiger partial charge in [0, 0.05) is 42.4 Å². The standard InChI is InChI=1S/C17H18N4O4/c22-17(6-3-13-1-4-15(5-2-13)21(23)24)18-8-9-20-16-7-10-25-12-14(16)11-19-20/h1-6,11H,7-10,12H2,(H,18,22). The van der Waals surface area contributed by atoms with E-state index in [-0.39, 0.29) is 11.6 Å². The molecule has 1 amide bonds. The van der Waals surface area contributed by atoms with Gasteiger partial charge < -0.3 is 10.1 Å². The molecule has 3 rings (SSSR count). The third-order valence-corrected chi connectivity index (χ3v) is 3.93. The highest BCUT2D eigenvalue weighted by Crippen LogP contribution is 2.15. The highest BCUT2D eigenvalue weighted by Gasteiger charge is 2.14. The van der Waals surface area contributed by atoms with Gasteiger partial charge in [-0.15, -0.1) is 0 Å². The third kappa shape index (κ3) is 4.30. The Morgan fingerprint density at radius 1 is 1.40 bits per heavy atom. The van der Waals surface area contributed by atoms with Gasteiger partial charge in [-0.1, -0.05) is 0 Å². The molecule has 1 aliphatic rings. The number of hydrogen-bond acceptors (Lipinski definition) is 5. The Morgan fingerprint density at radius 2 is 2.20 bits per heavy atom. The molecule has 0 saturated heterocycles. The molecule has 130 valence electrons. The molecule has 8 heteroatoms. The zero-order chi connectivity index (χ0) is 17.6. The number of nitro benzene ring substituents is 1. The van der Waals surface area contributed by atoms with Crippen LogP contribution in [0.3, 0.4) is 0 Å². The maximum Gasteiger partial charge on any atom is 0.269 e. The van der Waals surface area contributed by atoms with Crippen LogP contribution < -0.4 is 5.32 Å². The van der Waals surface area contributed by atoms with Crippen LogP contribution in [0.5, 0.6) is 0 Å². The quantitative estimate of drug-likeness (QED) is 0.489. The van der Waals surface area contributed by atoms with E-state index in [0.717, 1.165) is 17.5 Å². The van der Waals surface area contributed by atoms with Crippen molar-refractivity contribution in [2.45, 2.75) is 19.6 Å². The number of nitrogens with one attached hydrogen (secondary N) is 1. The van der Waals surface area contributed by atoms with Crippen molar-refractivity contribution >= 4 is 17.7 Å². The molecule has 0 bridgehead atoms. The molecule has 1 N–H and O–H groups in total. The van der Waals surface area contributed by atoms with Crippen LogP contribution in [0.25, 0.3) is 6.08 Å². The Hall–Kier alpha value is -3.00. The third-order valence-electron chi connectivity index (χ3n) is 3.93. The van der Waals surface area contributed by atoms with Crippen LogP contribution in [0, 0.1) is 10.1 Å². The number of nitro groups is 1. The normalized spacial score (nSPS) is 13.6. The Labute approximate surface area is 144 Å². The van der Waals surface area contributed by atoms with Crippen molar-refractivity contribution in [3.63, 3.8) is 0 Å². The lowest BCUT2D eigenvalue weighted by molar-refractivity contribution is -0.384. The summed E-state index contributed by atoms with van der Waals surface area (Å²) >= 11 is 0. The van der Waals surface area contributed by atoms with E-state index in [2.05, 4.69) is 10.4 Å². The molecule has 0 spiro atoms. The molecule has 2 heterocycles. The van der Waals surface area contributed by atoms with Gasteiger partial charge in [-0.3, -0.25) is 19.6 Å². The Morgan fingerprint density at radius 3 is 2.96 bits per heavy atom. The largest absolute Gasteiger partial charge is 0.376 e. The molecule has 0 radical (unpaired) electrons. The van der Waals surface area contributed by atoms with Crippen molar-refractivity contribution in [3.05, 3.63) is 63.5 Å². The fraction of sp³-hybridized carbons (Fsp3) is 0.294. The molecule has 0 atom stereocenters. The molecule has 1 aliphatic heterocycles. The van der Waals surface area contributed by atoms with E-state index in [1.807, 2.05) is 10.9 Å². The Balaban J connectivity index is 1.48. The lowest BCUT2D eigenvalue weighted by Crippen LogP contribution is -2.26. The second-order valence-electron chi connectivity index (χ2n) is 5.62. The number of rotatable bonds is 6. The second kappa shape index (κ2) is 7.71. The maximum absolute atomic E-state index is 11.9. The summed E-state index contributed by atoms with van der Waals surface area (Å²) < 4.78 is 7.28. The summed E-state index contributed by atoms with van der Waals surface area (Å²) in [5.41, 5.74) is 3.02. The first-order valence-corrected chi connectivity index (χ1v) is 7.95. The van der Waals surface area contributed by atoms with Gasteiger partial charge >= 0.3 is 0 Å². The monoisotopic (exact) mass is 342 g/mol. The van der Waals surface area contributed by atoms with E-state index in [1.165, 1.54) is 23.9 Å². The van der Waals surface area contributed by atoms with E-state index in [9.17, 15) is 14.9 Å². The van der Waals surface area contributed by atoms with Crippen molar-refractivity contribution < 1.29 is 14.5 Å². The lowest BCUT2D eigenvalue weighted by atomic mass is 10.2. The van der Waals surface area contributed by atoms with E-state index in [1.54, 1.807) is 18.2 Å². The number of fused-ring (bicyclic) bond motifs is 1. The molecule has 8 nitrogen and oxygen atoms in total. The summed E-state index contributed by atoms with van der Waals surface area (Å²) in [6.07, 6.45) is 5.67. The summed E-state index contributed by atoms with van der Waals surface area (Å²) in [6.45, 7) is 2.37. The molecule has 0 unspecified atom stereocenters. The average Bonchev–Trinajstić information content (AvgIpc) is 3.04. The van der Waals surface area contributed by atoms with Crippen molar-refractivity contribution in [1.82, 2.24) is 15.1 Å². The van der Waals surface area contributed by atoms with Crippen LogP contribution in [-0.4, -0.2) is 33.8 Å². The summed E-state index contributed by atoms with van der Waals surface area (Å²) in [6, 6.07) is 6.00. The predicted octanol–water partition coefficient (Wildman–Crippen LogP) is 1.69. The molecule has 0 fully saturated rings. The predicted molar refractivity (Wildman–Crippen MR) is 90.7 cm³/mol. The number of nitrogens with zero attached hydrogens (tertiary/aromatic N) is 3. The van der Waals surface area contributed by atoms with Gasteiger partial charge in [-0.2, -0.15) is 5.10 Å². The molecule has 2 aromatic rings. The first-order chi connectivity index (χ1) is 12.1. The molecule has 25 heavy (non-hydrogen) atoms. The van der Waals surface area contributed by atoms with Gasteiger partial charge in [-0.25, -0.2) is 0 Å². The van der Waals surface area contributed by atoms with E-state index in [0.29, 0.717) is 26.3 Å². The van der Waals surface area contributed by atoms with Gasteiger partial charge in [0.2, 0.25) is 5.91 Å². The maximum atomic E-state index is 11.9. The first-order valence-electron chi connectivity index (χ1n) is 7.95. The van der Waals surface area contributed by atoms with E-state index < -0.39 is 4.92 Å². The highest BCUT2D eigenvalue weighted by atomic mass is 16.6. The van der Waals surface area contributed by atoms with Gasteiger partial charge in [0.15, 0.2) is 0 Å². The number of carbonyl (C=O) groups excluding carboxylic acids is 1. The van der Waals surface area contributed by atoms with Crippen molar-refractivity contribution in [3.8, 4) is 0 Å².